The van der Waals surface area contributed by atoms with Gasteiger partial charge in [0.2, 0.25) is 0 Å². The predicted molar refractivity (Wildman–Crippen MR) is 98.8 cm³/mol. The van der Waals surface area contributed by atoms with Gasteiger partial charge in [0.05, 0.1) is 0 Å². The molecule has 0 N–H and O–H groups in total. The second kappa shape index (κ2) is 6.86. The summed E-state index contributed by atoms with van der Waals surface area (Å²) in [4.78, 5) is 0. The van der Waals surface area contributed by atoms with Crippen molar-refractivity contribution in [1.82, 2.24) is 0 Å². The van der Waals surface area contributed by atoms with E-state index in [2.05, 4.69) is 55.4 Å². The summed E-state index contributed by atoms with van der Waals surface area (Å²) in [5.74, 6) is 7.82. The van der Waals surface area contributed by atoms with E-state index in [1.807, 2.05) is 0 Å². The minimum Gasteiger partial charge on any atom is -0.0651 e. The Balaban J connectivity index is 1.80. The average molecular weight is 307 g/mol. The third-order valence-electron chi connectivity index (χ3n) is 7.34. The van der Waals surface area contributed by atoms with E-state index in [9.17, 15) is 0 Å². The van der Waals surface area contributed by atoms with Crippen molar-refractivity contribution in [1.29, 1.82) is 0 Å². The lowest BCUT2D eigenvalue weighted by Crippen LogP contribution is -2.22. The van der Waals surface area contributed by atoms with Crippen LogP contribution in [-0.4, -0.2) is 0 Å². The van der Waals surface area contributed by atoms with Crippen molar-refractivity contribution in [3.63, 3.8) is 0 Å². The fourth-order valence-corrected chi connectivity index (χ4v) is 5.55. The topological polar surface area (TPSA) is 0 Å². The maximum atomic E-state index is 2.57. The van der Waals surface area contributed by atoms with Crippen molar-refractivity contribution < 1.29 is 0 Å². The molecule has 0 radical (unpaired) electrons. The van der Waals surface area contributed by atoms with E-state index in [1.165, 1.54) is 32.1 Å². The molecule has 0 aromatic rings. The lowest BCUT2D eigenvalue weighted by molar-refractivity contribution is 0.198. The molecule has 0 amide bonds. The highest BCUT2D eigenvalue weighted by molar-refractivity contribution is 5.02. The maximum Gasteiger partial charge on any atom is -0.0321 e. The van der Waals surface area contributed by atoms with Gasteiger partial charge >= 0.3 is 0 Å². The van der Waals surface area contributed by atoms with Gasteiger partial charge in [-0.05, 0) is 78.4 Å². The molecular formula is C22H42. The summed E-state index contributed by atoms with van der Waals surface area (Å²) >= 11 is 0. The molecule has 2 aliphatic carbocycles. The maximum absolute atomic E-state index is 2.57. The SMILES string of the molecule is CCC(C)CC1CC1C(C)C(C)C1CC1C(C)(C)CC(C)C. The molecule has 7 atom stereocenters. The molecule has 2 aliphatic rings. The summed E-state index contributed by atoms with van der Waals surface area (Å²) in [6.45, 7) is 19.7. The zero-order valence-corrected chi connectivity index (χ0v) is 16.7. The van der Waals surface area contributed by atoms with Gasteiger partial charge in [0.15, 0.2) is 0 Å². The summed E-state index contributed by atoms with van der Waals surface area (Å²) in [6.07, 6.45) is 7.29. The van der Waals surface area contributed by atoms with Gasteiger partial charge in [0.25, 0.3) is 0 Å². The molecule has 0 nitrogen and oxygen atoms in total. The van der Waals surface area contributed by atoms with Gasteiger partial charge in [-0.2, -0.15) is 0 Å². The zero-order valence-electron chi connectivity index (χ0n) is 16.7. The number of hydrogen-bond acceptors (Lipinski definition) is 0. The van der Waals surface area contributed by atoms with Gasteiger partial charge in [-0.15, -0.1) is 0 Å². The molecule has 0 heteroatoms. The van der Waals surface area contributed by atoms with Crippen LogP contribution in [0.15, 0.2) is 0 Å². The van der Waals surface area contributed by atoms with Gasteiger partial charge in [0, 0.05) is 0 Å². The molecule has 0 spiro atoms. The normalized spacial score (nSPS) is 35.3. The van der Waals surface area contributed by atoms with Crippen molar-refractivity contribution in [2.75, 3.05) is 0 Å². The lowest BCUT2D eigenvalue weighted by atomic mass is 9.76. The minimum absolute atomic E-state index is 0.562. The first kappa shape index (κ1) is 18.3. The Labute approximate surface area is 140 Å². The Hall–Kier alpha value is 0. The first-order valence-electron chi connectivity index (χ1n) is 10.2. The zero-order chi connectivity index (χ0) is 16.7. The van der Waals surface area contributed by atoms with Crippen molar-refractivity contribution in [2.45, 2.75) is 87.5 Å². The van der Waals surface area contributed by atoms with E-state index in [0.29, 0.717) is 5.41 Å². The molecular weight excluding hydrogens is 264 g/mol. The second-order valence-corrected chi connectivity index (χ2v) is 10.2. The Morgan fingerprint density at radius 1 is 0.909 bits per heavy atom. The smallest absolute Gasteiger partial charge is 0.0321 e. The number of rotatable bonds is 9. The highest BCUT2D eigenvalue weighted by atomic mass is 14.6. The van der Waals surface area contributed by atoms with E-state index in [-0.39, 0.29) is 0 Å². The van der Waals surface area contributed by atoms with Gasteiger partial charge in [-0.25, -0.2) is 0 Å². The lowest BCUT2D eigenvalue weighted by Gasteiger charge is -2.29. The Kier molecular flexibility index (Phi) is 5.72. The van der Waals surface area contributed by atoms with Gasteiger partial charge in [-0.1, -0.05) is 61.8 Å². The van der Waals surface area contributed by atoms with Gasteiger partial charge in [-0.3, -0.25) is 0 Å². The van der Waals surface area contributed by atoms with Crippen LogP contribution in [0.1, 0.15) is 87.5 Å². The highest BCUT2D eigenvalue weighted by Gasteiger charge is 2.53. The third kappa shape index (κ3) is 4.30. The molecule has 22 heavy (non-hydrogen) atoms. The molecule has 2 rings (SSSR count). The monoisotopic (exact) mass is 306 g/mol. The average Bonchev–Trinajstić information content (AvgIpc) is 3.29. The Bertz CT molecular complexity index is 353. The van der Waals surface area contributed by atoms with Crippen LogP contribution in [0, 0.1) is 52.8 Å². The van der Waals surface area contributed by atoms with E-state index in [0.717, 1.165) is 47.3 Å². The summed E-state index contributed by atoms with van der Waals surface area (Å²) in [7, 11) is 0. The first-order valence-corrected chi connectivity index (χ1v) is 10.2. The van der Waals surface area contributed by atoms with Crippen LogP contribution in [0.2, 0.25) is 0 Å². The van der Waals surface area contributed by atoms with E-state index in [4.69, 9.17) is 0 Å². The quantitative estimate of drug-likeness (QED) is 0.428. The van der Waals surface area contributed by atoms with Crippen LogP contribution in [0.5, 0.6) is 0 Å². The van der Waals surface area contributed by atoms with Crippen LogP contribution in [0.25, 0.3) is 0 Å². The predicted octanol–water partition coefficient (Wildman–Crippen LogP) is 7.04. The van der Waals surface area contributed by atoms with Crippen LogP contribution in [0.3, 0.4) is 0 Å². The largest absolute Gasteiger partial charge is 0.0651 e. The van der Waals surface area contributed by atoms with Gasteiger partial charge < -0.3 is 0 Å². The molecule has 0 heterocycles. The molecule has 2 saturated carbocycles. The third-order valence-corrected chi connectivity index (χ3v) is 7.34. The van der Waals surface area contributed by atoms with Crippen molar-refractivity contribution in [3.05, 3.63) is 0 Å². The molecule has 0 aromatic heterocycles. The standard InChI is InChI=1S/C22H42/c1-9-15(4)10-18-11-19(18)16(5)17(6)20-12-21(20)22(7,8)13-14(2)3/h14-21H,9-13H2,1-8H3. The van der Waals surface area contributed by atoms with Crippen LogP contribution in [-0.2, 0) is 0 Å². The Morgan fingerprint density at radius 3 is 2.05 bits per heavy atom. The van der Waals surface area contributed by atoms with Crippen molar-refractivity contribution in [3.8, 4) is 0 Å². The summed E-state index contributed by atoms with van der Waals surface area (Å²) < 4.78 is 0. The molecule has 2 fully saturated rings. The molecule has 0 bridgehead atoms. The van der Waals surface area contributed by atoms with Gasteiger partial charge in [0.1, 0.15) is 0 Å². The summed E-state index contributed by atoms with van der Waals surface area (Å²) in [6, 6.07) is 0. The molecule has 0 aromatic carbocycles. The highest BCUT2D eigenvalue weighted by Crippen LogP contribution is 2.61. The van der Waals surface area contributed by atoms with Crippen molar-refractivity contribution in [2.24, 2.45) is 52.8 Å². The Morgan fingerprint density at radius 2 is 1.50 bits per heavy atom. The number of hydrogen-bond donors (Lipinski definition) is 0. The second-order valence-electron chi connectivity index (χ2n) is 10.2. The summed E-state index contributed by atoms with van der Waals surface area (Å²) in [5, 5.41) is 0. The van der Waals surface area contributed by atoms with E-state index < -0.39 is 0 Å². The molecule has 130 valence electrons. The van der Waals surface area contributed by atoms with Crippen molar-refractivity contribution >= 4 is 0 Å². The van der Waals surface area contributed by atoms with E-state index >= 15 is 0 Å². The van der Waals surface area contributed by atoms with Crippen LogP contribution >= 0.6 is 0 Å². The fraction of sp³-hybridized carbons (Fsp3) is 1.00. The summed E-state index contributed by atoms with van der Waals surface area (Å²) in [5.41, 5.74) is 0.562. The fourth-order valence-electron chi connectivity index (χ4n) is 5.55. The molecule has 7 unspecified atom stereocenters. The van der Waals surface area contributed by atoms with E-state index in [1.54, 1.807) is 0 Å². The minimum atomic E-state index is 0.562. The van der Waals surface area contributed by atoms with Crippen LogP contribution < -0.4 is 0 Å². The molecule has 0 aliphatic heterocycles. The van der Waals surface area contributed by atoms with Crippen LogP contribution in [0.4, 0.5) is 0 Å². The first-order chi connectivity index (χ1) is 10.2. The molecule has 0 saturated heterocycles.